The smallest absolute Gasteiger partial charge is 0.336 e. The van der Waals surface area contributed by atoms with E-state index in [1.54, 1.807) is 30.3 Å². The number of aromatic nitrogens is 1. The van der Waals surface area contributed by atoms with Crippen molar-refractivity contribution in [3.8, 4) is 11.5 Å². The van der Waals surface area contributed by atoms with E-state index in [2.05, 4.69) is 4.98 Å². The van der Waals surface area contributed by atoms with Gasteiger partial charge in [0.15, 0.2) is 5.76 Å². The minimum Gasteiger partial charge on any atom is -0.478 e. The molecule has 0 saturated heterocycles. The summed E-state index contributed by atoms with van der Waals surface area (Å²) in [6.45, 7) is 1.84. The van der Waals surface area contributed by atoms with Crippen LogP contribution in [0.1, 0.15) is 16.1 Å². The van der Waals surface area contributed by atoms with Gasteiger partial charge in [-0.3, -0.25) is 0 Å². The predicted molar refractivity (Wildman–Crippen MR) is 71.1 cm³/mol. The van der Waals surface area contributed by atoms with Crippen LogP contribution in [-0.2, 0) is 0 Å². The summed E-state index contributed by atoms with van der Waals surface area (Å²) in [6, 6.07) is 12.3. The van der Waals surface area contributed by atoms with E-state index in [9.17, 15) is 9.90 Å². The second-order valence-electron chi connectivity index (χ2n) is 4.29. The third-order valence-electron chi connectivity index (χ3n) is 2.94. The number of aromatic carboxylic acids is 1. The lowest BCUT2D eigenvalue weighted by atomic mass is 10.1. The molecule has 2 heterocycles. The molecule has 4 nitrogen and oxygen atoms in total. The number of carboxylic acid groups (broad SMARTS) is 1. The first-order chi connectivity index (χ1) is 9.15. The lowest BCUT2D eigenvalue weighted by molar-refractivity contribution is 0.0699. The van der Waals surface area contributed by atoms with Crippen LogP contribution in [0.25, 0.3) is 22.4 Å². The molecule has 0 saturated carbocycles. The zero-order valence-electron chi connectivity index (χ0n) is 10.3. The number of rotatable bonds is 2. The van der Waals surface area contributed by atoms with Gasteiger partial charge in [-0.1, -0.05) is 18.2 Å². The highest BCUT2D eigenvalue weighted by Gasteiger charge is 2.14. The number of furan rings is 1. The largest absolute Gasteiger partial charge is 0.478 e. The van der Waals surface area contributed by atoms with Crippen LogP contribution >= 0.6 is 0 Å². The molecule has 1 aromatic carbocycles. The number of hydrogen-bond acceptors (Lipinski definition) is 3. The standard InChI is InChI=1S/C15H11NO3/c1-9-6-7-14(19-9)13-8-11(15(17)18)10-4-2-3-5-12(10)16-13/h2-8H,1H3,(H,17,18). The molecule has 3 rings (SSSR count). The molecular formula is C15H11NO3. The molecule has 0 unspecified atom stereocenters. The Hall–Kier alpha value is -2.62. The molecule has 0 aliphatic carbocycles. The highest BCUT2D eigenvalue weighted by molar-refractivity contribution is 6.03. The Balaban J connectivity index is 2.30. The van der Waals surface area contributed by atoms with Crippen molar-refractivity contribution in [3.63, 3.8) is 0 Å². The molecule has 2 aromatic heterocycles. The Morgan fingerprint density at radius 1 is 1.21 bits per heavy atom. The summed E-state index contributed by atoms with van der Waals surface area (Å²) in [5.74, 6) is 0.371. The number of benzene rings is 1. The fourth-order valence-corrected chi connectivity index (χ4v) is 2.05. The van der Waals surface area contributed by atoms with Crippen molar-refractivity contribution in [3.05, 3.63) is 53.8 Å². The fourth-order valence-electron chi connectivity index (χ4n) is 2.05. The lowest BCUT2D eigenvalue weighted by Crippen LogP contribution is -1.99. The average Bonchev–Trinajstić information content (AvgIpc) is 2.84. The third-order valence-corrected chi connectivity index (χ3v) is 2.94. The van der Waals surface area contributed by atoms with Crippen LogP contribution in [0.15, 0.2) is 46.9 Å². The van der Waals surface area contributed by atoms with Gasteiger partial charge in [-0.25, -0.2) is 9.78 Å². The molecule has 4 heteroatoms. The second-order valence-corrected chi connectivity index (χ2v) is 4.29. The maximum Gasteiger partial charge on any atom is 0.336 e. The first-order valence-corrected chi connectivity index (χ1v) is 5.85. The minimum atomic E-state index is -0.969. The highest BCUT2D eigenvalue weighted by atomic mass is 16.4. The van der Waals surface area contributed by atoms with E-state index in [1.165, 1.54) is 0 Å². The Kier molecular flexibility index (Phi) is 2.56. The van der Waals surface area contributed by atoms with Crippen molar-refractivity contribution in [1.29, 1.82) is 0 Å². The van der Waals surface area contributed by atoms with Gasteiger partial charge in [-0.2, -0.15) is 0 Å². The summed E-state index contributed by atoms with van der Waals surface area (Å²) in [7, 11) is 0. The van der Waals surface area contributed by atoms with Crippen LogP contribution in [0.5, 0.6) is 0 Å². The number of aryl methyl sites for hydroxylation is 1. The number of pyridine rings is 1. The Morgan fingerprint density at radius 2 is 2.00 bits per heavy atom. The van der Waals surface area contributed by atoms with Crippen LogP contribution in [0, 0.1) is 6.92 Å². The van der Waals surface area contributed by atoms with Gasteiger partial charge in [-0.15, -0.1) is 0 Å². The van der Waals surface area contributed by atoms with Crippen molar-refractivity contribution >= 4 is 16.9 Å². The molecule has 3 aromatic rings. The second kappa shape index (κ2) is 4.24. The van der Waals surface area contributed by atoms with Crippen LogP contribution in [0.2, 0.25) is 0 Å². The molecule has 0 radical (unpaired) electrons. The van der Waals surface area contributed by atoms with Crippen molar-refractivity contribution < 1.29 is 14.3 Å². The highest BCUT2D eigenvalue weighted by Crippen LogP contribution is 2.26. The molecule has 0 aliphatic heterocycles. The molecule has 0 aliphatic rings. The predicted octanol–water partition coefficient (Wildman–Crippen LogP) is 3.50. The Morgan fingerprint density at radius 3 is 2.68 bits per heavy atom. The summed E-state index contributed by atoms with van der Waals surface area (Å²) in [5.41, 5.74) is 1.41. The van der Waals surface area contributed by atoms with E-state index in [-0.39, 0.29) is 5.56 Å². The van der Waals surface area contributed by atoms with E-state index in [1.807, 2.05) is 19.1 Å². The normalized spacial score (nSPS) is 10.8. The number of carboxylic acids is 1. The molecule has 0 amide bonds. The molecular weight excluding hydrogens is 242 g/mol. The van der Waals surface area contributed by atoms with Gasteiger partial charge >= 0.3 is 5.97 Å². The van der Waals surface area contributed by atoms with Gasteiger partial charge in [0.25, 0.3) is 0 Å². The quantitative estimate of drug-likeness (QED) is 0.759. The minimum absolute atomic E-state index is 0.231. The number of nitrogens with zero attached hydrogens (tertiary/aromatic N) is 1. The van der Waals surface area contributed by atoms with Gasteiger partial charge in [0.1, 0.15) is 11.5 Å². The van der Waals surface area contributed by atoms with Gasteiger partial charge in [0.05, 0.1) is 11.1 Å². The van der Waals surface area contributed by atoms with Crippen molar-refractivity contribution in [1.82, 2.24) is 4.98 Å². The van der Waals surface area contributed by atoms with Crippen molar-refractivity contribution in [2.45, 2.75) is 6.92 Å². The maximum absolute atomic E-state index is 11.3. The van der Waals surface area contributed by atoms with Gasteiger partial charge in [-0.05, 0) is 31.2 Å². The van der Waals surface area contributed by atoms with E-state index in [0.717, 1.165) is 5.76 Å². The van der Waals surface area contributed by atoms with Crippen molar-refractivity contribution in [2.24, 2.45) is 0 Å². The van der Waals surface area contributed by atoms with Gasteiger partial charge < -0.3 is 9.52 Å². The maximum atomic E-state index is 11.3. The molecule has 19 heavy (non-hydrogen) atoms. The molecule has 0 atom stereocenters. The number of carbonyl (C=O) groups is 1. The summed E-state index contributed by atoms with van der Waals surface area (Å²) < 4.78 is 5.50. The zero-order chi connectivity index (χ0) is 13.4. The Bertz CT molecular complexity index is 774. The fraction of sp³-hybridized carbons (Fsp3) is 0.0667. The first-order valence-electron chi connectivity index (χ1n) is 5.85. The van der Waals surface area contributed by atoms with E-state index >= 15 is 0 Å². The molecule has 1 N–H and O–H groups in total. The van der Waals surface area contributed by atoms with E-state index in [0.29, 0.717) is 22.4 Å². The third kappa shape index (κ3) is 1.97. The van der Waals surface area contributed by atoms with Crippen LogP contribution in [0.4, 0.5) is 0 Å². The number of para-hydroxylation sites is 1. The van der Waals surface area contributed by atoms with Crippen molar-refractivity contribution in [2.75, 3.05) is 0 Å². The average molecular weight is 253 g/mol. The van der Waals surface area contributed by atoms with Gasteiger partial charge in [0.2, 0.25) is 0 Å². The van der Waals surface area contributed by atoms with Crippen LogP contribution < -0.4 is 0 Å². The van der Waals surface area contributed by atoms with E-state index < -0.39 is 5.97 Å². The molecule has 0 spiro atoms. The topological polar surface area (TPSA) is 63.3 Å². The Labute approximate surface area is 109 Å². The monoisotopic (exact) mass is 253 g/mol. The first kappa shape index (κ1) is 11.5. The van der Waals surface area contributed by atoms with Crippen LogP contribution in [0.3, 0.4) is 0 Å². The SMILES string of the molecule is Cc1ccc(-c2cc(C(=O)O)c3ccccc3n2)o1. The molecule has 94 valence electrons. The number of fused-ring (bicyclic) bond motifs is 1. The number of hydrogen-bond donors (Lipinski definition) is 1. The molecule has 0 bridgehead atoms. The summed E-state index contributed by atoms with van der Waals surface area (Å²) >= 11 is 0. The van der Waals surface area contributed by atoms with Crippen LogP contribution in [-0.4, -0.2) is 16.1 Å². The molecule has 0 fully saturated rings. The summed E-state index contributed by atoms with van der Waals surface area (Å²) in [4.78, 5) is 15.8. The van der Waals surface area contributed by atoms with E-state index in [4.69, 9.17) is 4.42 Å². The lowest BCUT2D eigenvalue weighted by Gasteiger charge is -2.04. The summed E-state index contributed by atoms with van der Waals surface area (Å²) in [6.07, 6.45) is 0. The summed E-state index contributed by atoms with van der Waals surface area (Å²) in [5, 5.41) is 9.93. The van der Waals surface area contributed by atoms with Gasteiger partial charge in [0, 0.05) is 5.39 Å². The zero-order valence-corrected chi connectivity index (χ0v) is 10.3.